The molecule has 10 heteroatoms. The molecule has 1 aromatic carbocycles. The number of ether oxygens (including phenoxy) is 1. The van der Waals surface area contributed by atoms with Gasteiger partial charge < -0.3 is 14.7 Å². The minimum absolute atomic E-state index is 0.0704. The standard InChI is InChI=1S/C25H30FN5O3S/c1-14-9-15(17-5-3-4-6-21(17)27-14)13-34-16-7-8-18(20(26)10-16)23(32)28-22-12-31(2)11-19(22)24-29-30-25(33)35-24/h7-10,19,22-23,28,32H,3-6,11-13H2,1-2H3,(H,30,33)/t19-,22+,23?/m0/s1. The number of aromatic amines is 1. The maximum Gasteiger partial charge on any atom is 0.322 e. The highest BCUT2D eigenvalue weighted by atomic mass is 32.1. The molecule has 3 aromatic rings. The van der Waals surface area contributed by atoms with Crippen molar-refractivity contribution in [3.63, 3.8) is 0 Å². The highest BCUT2D eigenvalue weighted by Crippen LogP contribution is 2.30. The summed E-state index contributed by atoms with van der Waals surface area (Å²) in [6, 6.07) is 6.43. The number of likely N-dealkylation sites (tertiary alicyclic amines) is 1. The van der Waals surface area contributed by atoms with Gasteiger partial charge in [0.1, 0.15) is 29.4 Å². The fraction of sp³-hybridized carbons (Fsp3) is 0.480. The number of nitrogens with one attached hydrogen (secondary N) is 2. The van der Waals surface area contributed by atoms with Gasteiger partial charge in [-0.1, -0.05) is 11.3 Å². The van der Waals surface area contributed by atoms with E-state index >= 15 is 0 Å². The van der Waals surface area contributed by atoms with Crippen LogP contribution < -0.4 is 14.9 Å². The van der Waals surface area contributed by atoms with E-state index in [1.165, 1.54) is 11.6 Å². The number of fused-ring (bicyclic) bond motifs is 1. The van der Waals surface area contributed by atoms with E-state index in [9.17, 15) is 14.3 Å². The summed E-state index contributed by atoms with van der Waals surface area (Å²) < 4.78 is 20.9. The van der Waals surface area contributed by atoms with Crippen molar-refractivity contribution in [2.45, 2.75) is 57.4 Å². The number of hydrogen-bond donors (Lipinski definition) is 3. The first-order valence-corrected chi connectivity index (χ1v) is 12.8. The van der Waals surface area contributed by atoms with Gasteiger partial charge in [-0.05, 0) is 69.0 Å². The van der Waals surface area contributed by atoms with E-state index in [0.717, 1.165) is 54.0 Å². The first-order valence-electron chi connectivity index (χ1n) is 12.0. The summed E-state index contributed by atoms with van der Waals surface area (Å²) in [5.41, 5.74) is 4.64. The average Bonchev–Trinajstić information content (AvgIpc) is 3.42. The second-order valence-corrected chi connectivity index (χ2v) is 10.5. The Bertz CT molecular complexity index is 1260. The fourth-order valence-corrected chi connectivity index (χ4v) is 5.93. The molecule has 1 aliphatic heterocycles. The zero-order valence-corrected chi connectivity index (χ0v) is 20.7. The van der Waals surface area contributed by atoms with Gasteiger partial charge in [0.2, 0.25) is 0 Å². The number of aliphatic hydroxyl groups excluding tert-OH is 1. The van der Waals surface area contributed by atoms with Gasteiger partial charge in [-0.2, -0.15) is 5.10 Å². The zero-order valence-electron chi connectivity index (χ0n) is 19.9. The smallest absolute Gasteiger partial charge is 0.322 e. The van der Waals surface area contributed by atoms with E-state index < -0.39 is 12.0 Å². The van der Waals surface area contributed by atoms with Crippen LogP contribution in [0, 0.1) is 12.7 Å². The van der Waals surface area contributed by atoms with Crippen molar-refractivity contribution in [1.82, 2.24) is 25.4 Å². The van der Waals surface area contributed by atoms with Gasteiger partial charge in [-0.25, -0.2) is 9.49 Å². The lowest BCUT2D eigenvalue weighted by molar-refractivity contribution is 0.117. The van der Waals surface area contributed by atoms with E-state index in [1.54, 1.807) is 12.1 Å². The van der Waals surface area contributed by atoms with Gasteiger partial charge in [-0.15, -0.1) is 0 Å². The number of nitrogens with zero attached hydrogens (tertiary/aromatic N) is 3. The molecule has 3 atom stereocenters. The van der Waals surface area contributed by atoms with Crippen LogP contribution in [-0.4, -0.2) is 51.4 Å². The number of aromatic nitrogens is 3. The van der Waals surface area contributed by atoms with Gasteiger partial charge >= 0.3 is 4.87 Å². The van der Waals surface area contributed by atoms with Crippen LogP contribution in [0.4, 0.5) is 4.39 Å². The van der Waals surface area contributed by atoms with Gasteiger partial charge in [0.15, 0.2) is 0 Å². The summed E-state index contributed by atoms with van der Waals surface area (Å²) in [6.45, 7) is 3.68. The minimum Gasteiger partial charge on any atom is -0.489 e. The largest absolute Gasteiger partial charge is 0.489 e. The molecule has 1 unspecified atom stereocenters. The Balaban J connectivity index is 1.26. The van der Waals surface area contributed by atoms with Crippen molar-refractivity contribution in [1.29, 1.82) is 0 Å². The van der Waals surface area contributed by atoms with Crippen LogP contribution in [0.15, 0.2) is 29.1 Å². The monoisotopic (exact) mass is 499 g/mol. The van der Waals surface area contributed by atoms with Crippen LogP contribution in [0.1, 0.15) is 58.1 Å². The maximum absolute atomic E-state index is 15.0. The Morgan fingerprint density at radius 2 is 2.14 bits per heavy atom. The lowest BCUT2D eigenvalue weighted by Gasteiger charge is -2.23. The summed E-state index contributed by atoms with van der Waals surface area (Å²) in [5, 5.41) is 21.1. The van der Waals surface area contributed by atoms with Gasteiger partial charge in [0, 0.05) is 48.1 Å². The Kier molecular flexibility index (Phi) is 6.97. The molecule has 0 saturated carbocycles. The Hall–Kier alpha value is -2.66. The predicted molar refractivity (Wildman–Crippen MR) is 131 cm³/mol. The molecular weight excluding hydrogens is 469 g/mol. The fourth-order valence-electron chi connectivity index (χ4n) is 5.16. The van der Waals surface area contributed by atoms with E-state index in [4.69, 9.17) is 4.74 Å². The van der Waals surface area contributed by atoms with E-state index in [2.05, 4.69) is 25.4 Å². The SMILES string of the molecule is Cc1cc(COc2ccc(C(O)N[C@@H]3CN(C)C[C@@H]3c3n[nH]c(=O)s3)c(F)c2)c2c(n1)CCCC2. The molecule has 35 heavy (non-hydrogen) atoms. The number of likely N-dealkylation sites (N-methyl/N-ethyl adjacent to an activating group) is 1. The molecule has 0 radical (unpaired) electrons. The second kappa shape index (κ2) is 10.1. The van der Waals surface area contributed by atoms with Crippen LogP contribution in [0.2, 0.25) is 0 Å². The lowest BCUT2D eigenvalue weighted by Crippen LogP contribution is -2.38. The lowest BCUT2D eigenvalue weighted by atomic mass is 9.92. The molecule has 5 rings (SSSR count). The van der Waals surface area contributed by atoms with Crippen molar-refractivity contribution in [3.05, 3.63) is 72.8 Å². The number of aliphatic hydroxyl groups is 1. The number of halogens is 1. The summed E-state index contributed by atoms with van der Waals surface area (Å²) in [5.74, 6) is -0.195. The predicted octanol–water partition coefficient (Wildman–Crippen LogP) is 2.81. The van der Waals surface area contributed by atoms with Crippen molar-refractivity contribution in [2.75, 3.05) is 20.1 Å². The molecule has 1 fully saturated rings. The zero-order chi connectivity index (χ0) is 24.5. The number of aryl methyl sites for hydroxylation is 2. The van der Waals surface area contributed by atoms with Crippen molar-refractivity contribution < 1.29 is 14.2 Å². The Morgan fingerprint density at radius 3 is 2.91 bits per heavy atom. The van der Waals surface area contributed by atoms with E-state index in [-0.39, 0.29) is 22.4 Å². The molecule has 8 nitrogen and oxygen atoms in total. The van der Waals surface area contributed by atoms with Crippen molar-refractivity contribution in [3.8, 4) is 5.75 Å². The minimum atomic E-state index is -1.20. The number of H-pyrrole nitrogens is 1. The molecule has 2 aromatic heterocycles. The van der Waals surface area contributed by atoms with E-state index in [0.29, 0.717) is 30.5 Å². The molecule has 2 aliphatic rings. The van der Waals surface area contributed by atoms with Crippen molar-refractivity contribution >= 4 is 11.3 Å². The molecule has 0 bridgehead atoms. The molecule has 3 N–H and O–H groups in total. The normalized spacial score (nSPS) is 21.1. The summed E-state index contributed by atoms with van der Waals surface area (Å²) in [7, 11) is 1.96. The van der Waals surface area contributed by atoms with Gasteiger partial charge in [-0.3, -0.25) is 15.1 Å². The third-order valence-electron chi connectivity index (χ3n) is 6.83. The molecule has 186 valence electrons. The summed E-state index contributed by atoms with van der Waals surface area (Å²) in [6.07, 6.45) is 3.10. The first-order chi connectivity index (χ1) is 16.9. The van der Waals surface area contributed by atoms with Crippen LogP contribution in [0.3, 0.4) is 0 Å². The number of benzene rings is 1. The van der Waals surface area contributed by atoms with Crippen LogP contribution in [0.5, 0.6) is 5.75 Å². The van der Waals surface area contributed by atoms with Crippen molar-refractivity contribution in [2.24, 2.45) is 0 Å². The third kappa shape index (κ3) is 5.30. The number of rotatable bonds is 7. The van der Waals surface area contributed by atoms with Crippen LogP contribution in [0.25, 0.3) is 0 Å². The molecule has 0 amide bonds. The summed E-state index contributed by atoms with van der Waals surface area (Å²) >= 11 is 1.07. The van der Waals surface area contributed by atoms with E-state index in [1.807, 2.05) is 20.0 Å². The molecule has 0 spiro atoms. The first kappa shape index (κ1) is 24.1. The quantitative estimate of drug-likeness (QED) is 0.430. The molecule has 1 aliphatic carbocycles. The third-order valence-corrected chi connectivity index (χ3v) is 7.71. The molecule has 1 saturated heterocycles. The number of hydrogen-bond acceptors (Lipinski definition) is 8. The van der Waals surface area contributed by atoms with Gasteiger partial charge in [0.25, 0.3) is 0 Å². The maximum atomic E-state index is 15.0. The average molecular weight is 500 g/mol. The Labute approximate surface area is 207 Å². The molecule has 3 heterocycles. The van der Waals surface area contributed by atoms with Gasteiger partial charge in [0.05, 0.1) is 0 Å². The second-order valence-electron chi connectivity index (χ2n) is 9.48. The van der Waals surface area contributed by atoms with Crippen LogP contribution >= 0.6 is 11.3 Å². The molecular formula is C25H30FN5O3S. The number of pyridine rings is 1. The highest BCUT2D eigenvalue weighted by molar-refractivity contribution is 7.08. The summed E-state index contributed by atoms with van der Waals surface area (Å²) in [4.78, 5) is 18.1. The topological polar surface area (TPSA) is 103 Å². The highest BCUT2D eigenvalue weighted by Gasteiger charge is 2.36. The Morgan fingerprint density at radius 1 is 1.31 bits per heavy atom. The van der Waals surface area contributed by atoms with Crippen LogP contribution in [-0.2, 0) is 19.4 Å².